The van der Waals surface area contributed by atoms with Crippen LogP contribution in [0.5, 0.6) is 0 Å². The van der Waals surface area contributed by atoms with Gasteiger partial charge in [-0.15, -0.1) is 0 Å². The van der Waals surface area contributed by atoms with Crippen molar-refractivity contribution in [2.24, 2.45) is 0 Å². The molecule has 92 valence electrons. The maximum atomic E-state index is 5.76. The molecule has 1 nitrogen and oxygen atoms in total. The summed E-state index contributed by atoms with van der Waals surface area (Å²) in [5.74, 6) is 0. The van der Waals surface area contributed by atoms with Crippen molar-refractivity contribution in [1.29, 1.82) is 0 Å². The van der Waals surface area contributed by atoms with Crippen LogP contribution in [0.15, 0.2) is 23.8 Å². The predicted octanol–water partition coefficient (Wildman–Crippen LogP) is 4.64. The van der Waals surface area contributed by atoms with E-state index in [2.05, 4.69) is 26.5 Å². The summed E-state index contributed by atoms with van der Waals surface area (Å²) in [5, 5.41) is 0. The number of ether oxygens (including phenoxy) is 1. The molecule has 0 radical (unpaired) electrons. The van der Waals surface area contributed by atoms with Gasteiger partial charge in [-0.2, -0.15) is 0 Å². The molecule has 0 aliphatic carbocycles. The van der Waals surface area contributed by atoms with Crippen molar-refractivity contribution in [3.8, 4) is 0 Å². The van der Waals surface area contributed by atoms with Gasteiger partial charge in [0, 0.05) is 0 Å². The Morgan fingerprint density at radius 2 is 1.94 bits per heavy atom. The Morgan fingerprint density at radius 3 is 2.62 bits per heavy atom. The Kier molecular flexibility index (Phi) is 6.47. The molecule has 0 aromatic heterocycles. The van der Waals surface area contributed by atoms with Crippen LogP contribution in [-0.2, 0) is 4.74 Å². The maximum Gasteiger partial charge on any atom is 0.0823 e. The molecule has 1 unspecified atom stereocenters. The molecule has 1 atom stereocenters. The summed E-state index contributed by atoms with van der Waals surface area (Å²) in [7, 11) is 0. The van der Waals surface area contributed by atoms with E-state index in [1.54, 1.807) is 0 Å². The topological polar surface area (TPSA) is 9.23 Å². The lowest BCUT2D eigenvalue weighted by atomic mass is 9.99. The molecule has 0 aromatic carbocycles. The van der Waals surface area contributed by atoms with Crippen LogP contribution in [-0.4, -0.2) is 12.7 Å². The lowest BCUT2D eigenvalue weighted by Gasteiger charge is -2.23. The summed E-state index contributed by atoms with van der Waals surface area (Å²) < 4.78 is 5.76. The Labute approximate surface area is 101 Å². The minimum atomic E-state index is 0.287. The van der Waals surface area contributed by atoms with E-state index in [4.69, 9.17) is 4.74 Å². The zero-order valence-corrected chi connectivity index (χ0v) is 10.9. The smallest absolute Gasteiger partial charge is 0.0823 e. The summed E-state index contributed by atoms with van der Waals surface area (Å²) in [5.41, 5.74) is 2.46. The summed E-state index contributed by atoms with van der Waals surface area (Å²) >= 11 is 0. The third kappa shape index (κ3) is 4.98. The van der Waals surface area contributed by atoms with Crippen molar-refractivity contribution in [1.82, 2.24) is 0 Å². The quantitative estimate of drug-likeness (QED) is 0.570. The summed E-state index contributed by atoms with van der Waals surface area (Å²) in [6.45, 7) is 9.23. The fraction of sp³-hybridized carbons (Fsp3) is 0.733. The van der Waals surface area contributed by atoms with Gasteiger partial charge >= 0.3 is 0 Å². The average molecular weight is 222 g/mol. The average Bonchev–Trinajstić information content (AvgIpc) is 2.26. The van der Waals surface area contributed by atoms with E-state index >= 15 is 0 Å². The zero-order chi connectivity index (χ0) is 11.8. The highest BCUT2D eigenvalue weighted by Crippen LogP contribution is 2.21. The molecule has 0 bridgehead atoms. The van der Waals surface area contributed by atoms with E-state index in [9.17, 15) is 0 Å². The Hall–Kier alpha value is -0.560. The SMILES string of the molecule is C=C1C=C(C)COC1CCCCCCCC. The van der Waals surface area contributed by atoms with E-state index in [0.717, 1.165) is 18.6 Å². The molecular formula is C15H26O. The van der Waals surface area contributed by atoms with Crippen LogP contribution in [0.1, 0.15) is 58.8 Å². The van der Waals surface area contributed by atoms with Crippen molar-refractivity contribution in [3.05, 3.63) is 23.8 Å². The molecule has 0 fully saturated rings. The largest absolute Gasteiger partial charge is 0.369 e. The second-order valence-electron chi connectivity index (χ2n) is 4.92. The van der Waals surface area contributed by atoms with Crippen LogP contribution in [0.25, 0.3) is 0 Å². The zero-order valence-electron chi connectivity index (χ0n) is 10.9. The number of rotatable bonds is 7. The highest BCUT2D eigenvalue weighted by molar-refractivity contribution is 5.26. The van der Waals surface area contributed by atoms with Gasteiger partial charge in [-0.3, -0.25) is 0 Å². The molecule has 0 N–H and O–H groups in total. The van der Waals surface area contributed by atoms with Gasteiger partial charge in [0.1, 0.15) is 0 Å². The molecule has 0 spiro atoms. The van der Waals surface area contributed by atoms with Crippen molar-refractivity contribution in [2.45, 2.75) is 64.9 Å². The third-order valence-electron chi connectivity index (χ3n) is 3.18. The van der Waals surface area contributed by atoms with Crippen LogP contribution in [0.3, 0.4) is 0 Å². The van der Waals surface area contributed by atoms with Crippen molar-refractivity contribution in [3.63, 3.8) is 0 Å². The fourth-order valence-corrected chi connectivity index (χ4v) is 2.17. The van der Waals surface area contributed by atoms with Crippen LogP contribution in [0.2, 0.25) is 0 Å². The van der Waals surface area contributed by atoms with Crippen molar-refractivity contribution >= 4 is 0 Å². The molecule has 1 rings (SSSR count). The molecule has 0 amide bonds. The Bertz CT molecular complexity index is 240. The minimum Gasteiger partial charge on any atom is -0.369 e. The lowest BCUT2D eigenvalue weighted by molar-refractivity contribution is 0.0829. The first-order valence-corrected chi connectivity index (χ1v) is 6.71. The summed E-state index contributed by atoms with van der Waals surface area (Å²) in [6, 6.07) is 0. The van der Waals surface area contributed by atoms with E-state index in [1.165, 1.54) is 44.1 Å². The lowest BCUT2D eigenvalue weighted by Crippen LogP contribution is -2.20. The second kappa shape index (κ2) is 7.67. The fourth-order valence-electron chi connectivity index (χ4n) is 2.17. The Morgan fingerprint density at radius 1 is 1.25 bits per heavy atom. The summed E-state index contributed by atoms with van der Waals surface area (Å²) in [4.78, 5) is 0. The van der Waals surface area contributed by atoms with E-state index in [0.29, 0.717) is 0 Å². The van der Waals surface area contributed by atoms with Crippen LogP contribution in [0, 0.1) is 0 Å². The summed E-state index contributed by atoms with van der Waals surface area (Å²) in [6.07, 6.45) is 11.7. The molecule has 1 aliphatic rings. The number of unbranched alkanes of at least 4 members (excludes halogenated alkanes) is 5. The van der Waals surface area contributed by atoms with Gasteiger partial charge < -0.3 is 4.74 Å². The molecule has 0 saturated heterocycles. The monoisotopic (exact) mass is 222 g/mol. The number of hydrogen-bond donors (Lipinski definition) is 0. The Balaban J connectivity index is 2.07. The molecule has 1 aliphatic heterocycles. The van der Waals surface area contributed by atoms with Gasteiger partial charge in [0.15, 0.2) is 0 Å². The van der Waals surface area contributed by atoms with E-state index in [1.807, 2.05) is 0 Å². The minimum absolute atomic E-state index is 0.287. The van der Waals surface area contributed by atoms with Gasteiger partial charge in [-0.05, 0) is 24.5 Å². The van der Waals surface area contributed by atoms with Crippen LogP contribution in [0.4, 0.5) is 0 Å². The molecule has 0 saturated carbocycles. The van der Waals surface area contributed by atoms with E-state index in [-0.39, 0.29) is 6.10 Å². The van der Waals surface area contributed by atoms with Gasteiger partial charge in [-0.25, -0.2) is 0 Å². The highest BCUT2D eigenvalue weighted by Gasteiger charge is 2.15. The molecule has 1 heterocycles. The van der Waals surface area contributed by atoms with Gasteiger partial charge in [0.2, 0.25) is 0 Å². The third-order valence-corrected chi connectivity index (χ3v) is 3.18. The molecule has 1 heteroatoms. The number of hydrogen-bond acceptors (Lipinski definition) is 1. The van der Waals surface area contributed by atoms with Gasteiger partial charge in [0.25, 0.3) is 0 Å². The van der Waals surface area contributed by atoms with Crippen molar-refractivity contribution in [2.75, 3.05) is 6.61 Å². The van der Waals surface area contributed by atoms with E-state index < -0.39 is 0 Å². The van der Waals surface area contributed by atoms with Crippen molar-refractivity contribution < 1.29 is 4.74 Å². The maximum absolute atomic E-state index is 5.76. The van der Waals surface area contributed by atoms with Crippen LogP contribution < -0.4 is 0 Å². The molecule has 16 heavy (non-hydrogen) atoms. The first kappa shape index (κ1) is 13.5. The second-order valence-corrected chi connectivity index (χ2v) is 4.92. The molecule has 0 aromatic rings. The highest BCUT2D eigenvalue weighted by atomic mass is 16.5. The normalized spacial score (nSPS) is 21.0. The standard InChI is InChI=1S/C15H26O/c1-4-5-6-7-8-9-10-15-14(3)11-13(2)12-16-15/h11,15H,3-10,12H2,1-2H3. The predicted molar refractivity (Wildman–Crippen MR) is 70.6 cm³/mol. The first-order chi connectivity index (χ1) is 7.74. The van der Waals surface area contributed by atoms with Crippen LogP contribution >= 0.6 is 0 Å². The molecular weight excluding hydrogens is 196 g/mol. The van der Waals surface area contributed by atoms with Gasteiger partial charge in [0.05, 0.1) is 12.7 Å². The first-order valence-electron chi connectivity index (χ1n) is 6.71. The van der Waals surface area contributed by atoms with Gasteiger partial charge in [-0.1, -0.05) is 58.1 Å².